The molecule has 0 unspecified atom stereocenters. The van der Waals surface area contributed by atoms with Crippen LogP contribution in [0.15, 0.2) is 58.5 Å². The quantitative estimate of drug-likeness (QED) is 0.254. The van der Waals surface area contributed by atoms with E-state index in [1.54, 1.807) is 4.57 Å². The molecular weight excluding hydrogens is 490 g/mol. The van der Waals surface area contributed by atoms with Crippen molar-refractivity contribution < 1.29 is 9.53 Å². The standard InChI is InChI=1S/C28H29N3O3S2/c1-16(2)22-13-21-23(14-34-22)36-26-25(21)27(33)31(20-11-7-18(4)8-12-20)28(30-26)35-15-24(32)29-19-9-5-17(3)6-10-19/h5-12,16,22H,13-15H2,1-4H3,(H,29,32)/t22-/m0/s1. The lowest BCUT2D eigenvalue weighted by molar-refractivity contribution is -0.113. The number of thiophene rings is 1. The fourth-order valence-electron chi connectivity index (χ4n) is 4.32. The van der Waals surface area contributed by atoms with Crippen LogP contribution in [0.3, 0.4) is 0 Å². The monoisotopic (exact) mass is 519 g/mol. The third kappa shape index (κ3) is 4.98. The molecule has 0 radical (unpaired) electrons. The molecule has 1 aliphatic heterocycles. The molecule has 0 fully saturated rings. The van der Waals surface area contributed by atoms with Gasteiger partial charge in [-0.25, -0.2) is 4.98 Å². The molecule has 1 aliphatic rings. The zero-order valence-corrected chi connectivity index (χ0v) is 22.5. The summed E-state index contributed by atoms with van der Waals surface area (Å²) >= 11 is 2.80. The Bertz CT molecular complexity index is 1470. The predicted octanol–water partition coefficient (Wildman–Crippen LogP) is 5.89. The third-order valence-electron chi connectivity index (χ3n) is 6.41. The molecule has 0 aliphatic carbocycles. The summed E-state index contributed by atoms with van der Waals surface area (Å²) in [6, 6.07) is 15.5. The van der Waals surface area contributed by atoms with Gasteiger partial charge >= 0.3 is 0 Å². The average molecular weight is 520 g/mol. The van der Waals surface area contributed by atoms with Crippen LogP contribution in [-0.2, 0) is 22.6 Å². The molecule has 186 valence electrons. The molecule has 2 aromatic heterocycles. The van der Waals surface area contributed by atoms with Crippen LogP contribution in [0.5, 0.6) is 0 Å². The van der Waals surface area contributed by atoms with Crippen molar-refractivity contribution in [2.75, 3.05) is 11.1 Å². The lowest BCUT2D eigenvalue weighted by atomic mass is 9.96. The lowest BCUT2D eigenvalue weighted by Gasteiger charge is -2.26. The number of rotatable bonds is 6. The number of aryl methyl sites for hydroxylation is 2. The van der Waals surface area contributed by atoms with E-state index in [2.05, 4.69) is 19.2 Å². The number of amides is 1. The topological polar surface area (TPSA) is 73.2 Å². The van der Waals surface area contributed by atoms with E-state index in [4.69, 9.17) is 9.72 Å². The number of hydrogen-bond acceptors (Lipinski definition) is 6. The van der Waals surface area contributed by atoms with Crippen molar-refractivity contribution in [2.45, 2.75) is 52.0 Å². The van der Waals surface area contributed by atoms with Crippen LogP contribution in [0.4, 0.5) is 5.69 Å². The van der Waals surface area contributed by atoms with Gasteiger partial charge in [0, 0.05) is 17.0 Å². The Morgan fingerprint density at radius 3 is 2.47 bits per heavy atom. The summed E-state index contributed by atoms with van der Waals surface area (Å²) in [6.07, 6.45) is 0.797. The van der Waals surface area contributed by atoms with Crippen LogP contribution in [0, 0.1) is 19.8 Å². The minimum atomic E-state index is -0.146. The lowest BCUT2D eigenvalue weighted by Crippen LogP contribution is -2.28. The van der Waals surface area contributed by atoms with Gasteiger partial charge in [-0.05, 0) is 49.6 Å². The van der Waals surface area contributed by atoms with Gasteiger partial charge in [0.25, 0.3) is 5.56 Å². The van der Waals surface area contributed by atoms with Gasteiger partial charge in [-0.2, -0.15) is 0 Å². The summed E-state index contributed by atoms with van der Waals surface area (Å²) in [5.74, 6) is 0.357. The molecule has 36 heavy (non-hydrogen) atoms. The van der Waals surface area contributed by atoms with E-state index in [9.17, 15) is 9.59 Å². The fraction of sp³-hybridized carbons (Fsp3) is 0.321. The summed E-state index contributed by atoms with van der Waals surface area (Å²) in [4.78, 5) is 33.4. The Morgan fingerprint density at radius 1 is 1.14 bits per heavy atom. The fourth-order valence-corrected chi connectivity index (χ4v) is 6.30. The molecule has 1 amide bonds. The van der Waals surface area contributed by atoms with Gasteiger partial charge in [0.1, 0.15) is 4.83 Å². The number of ether oxygens (including phenoxy) is 1. The number of carbonyl (C=O) groups excluding carboxylic acids is 1. The number of aromatic nitrogens is 2. The molecule has 0 saturated heterocycles. The highest BCUT2D eigenvalue weighted by atomic mass is 32.2. The molecule has 0 bridgehead atoms. The van der Waals surface area contributed by atoms with E-state index in [0.29, 0.717) is 34.3 Å². The SMILES string of the molecule is Cc1ccc(NC(=O)CSc2nc3sc4c(c3c(=O)n2-c2ccc(C)cc2)C[C@@H](C(C)C)OC4)cc1. The minimum absolute atomic E-state index is 0.0852. The number of carbonyl (C=O) groups is 1. The van der Waals surface area contributed by atoms with Crippen molar-refractivity contribution in [3.63, 3.8) is 0 Å². The van der Waals surface area contributed by atoms with Gasteiger partial charge in [0.2, 0.25) is 5.91 Å². The Hall–Kier alpha value is -2.94. The van der Waals surface area contributed by atoms with Gasteiger partial charge in [0.05, 0.1) is 29.5 Å². The highest BCUT2D eigenvalue weighted by Gasteiger charge is 2.29. The molecule has 0 spiro atoms. The second-order valence-corrected chi connectivity index (χ2v) is 11.6. The van der Waals surface area contributed by atoms with Gasteiger partial charge in [0.15, 0.2) is 5.16 Å². The van der Waals surface area contributed by atoms with Crippen molar-refractivity contribution in [1.82, 2.24) is 9.55 Å². The summed E-state index contributed by atoms with van der Waals surface area (Å²) in [7, 11) is 0. The number of anilines is 1. The molecule has 6 nitrogen and oxygen atoms in total. The normalized spacial score (nSPS) is 15.3. The molecule has 8 heteroatoms. The summed E-state index contributed by atoms with van der Waals surface area (Å²) < 4.78 is 7.70. The highest BCUT2D eigenvalue weighted by molar-refractivity contribution is 7.99. The number of nitrogens with zero attached hydrogens (tertiary/aromatic N) is 2. The maximum absolute atomic E-state index is 14.0. The van der Waals surface area contributed by atoms with E-state index >= 15 is 0 Å². The number of thioether (sulfide) groups is 1. The van der Waals surface area contributed by atoms with Gasteiger partial charge in [-0.1, -0.05) is 61.0 Å². The number of fused-ring (bicyclic) bond motifs is 3. The van der Waals surface area contributed by atoms with Gasteiger partial charge in [-0.15, -0.1) is 11.3 Å². The number of hydrogen-bond donors (Lipinski definition) is 1. The van der Waals surface area contributed by atoms with Crippen LogP contribution in [-0.4, -0.2) is 27.3 Å². The molecule has 3 heterocycles. The van der Waals surface area contributed by atoms with E-state index in [-0.39, 0.29) is 23.3 Å². The first kappa shape index (κ1) is 24.7. The average Bonchev–Trinajstić information content (AvgIpc) is 3.23. The Balaban J connectivity index is 1.52. The zero-order valence-electron chi connectivity index (χ0n) is 20.8. The van der Waals surface area contributed by atoms with Gasteiger partial charge in [-0.3, -0.25) is 14.2 Å². The maximum atomic E-state index is 14.0. The van der Waals surface area contributed by atoms with Crippen molar-refractivity contribution >= 4 is 44.9 Å². The zero-order chi connectivity index (χ0) is 25.4. The Kier molecular flexibility index (Phi) is 7.01. The van der Waals surface area contributed by atoms with E-state index in [0.717, 1.165) is 32.9 Å². The molecule has 5 rings (SSSR count). The molecule has 0 saturated carbocycles. The molecule has 1 N–H and O–H groups in total. The third-order valence-corrected chi connectivity index (χ3v) is 8.45. The Morgan fingerprint density at radius 2 is 1.81 bits per heavy atom. The first-order valence-corrected chi connectivity index (χ1v) is 13.9. The van der Waals surface area contributed by atoms with Crippen LogP contribution in [0.25, 0.3) is 15.9 Å². The highest BCUT2D eigenvalue weighted by Crippen LogP contribution is 2.36. The van der Waals surface area contributed by atoms with Crippen molar-refractivity contribution in [3.05, 3.63) is 80.5 Å². The van der Waals surface area contributed by atoms with Crippen LogP contribution in [0.2, 0.25) is 0 Å². The van der Waals surface area contributed by atoms with Crippen LogP contribution < -0.4 is 10.9 Å². The predicted molar refractivity (Wildman–Crippen MR) is 148 cm³/mol. The summed E-state index contributed by atoms with van der Waals surface area (Å²) in [6.45, 7) is 8.81. The molecule has 1 atom stereocenters. The smallest absolute Gasteiger partial charge is 0.267 e. The largest absolute Gasteiger partial charge is 0.372 e. The molecule has 2 aromatic carbocycles. The first-order chi connectivity index (χ1) is 17.3. The Labute approximate surface area is 218 Å². The number of nitrogens with one attached hydrogen (secondary N) is 1. The van der Waals surface area contributed by atoms with Crippen molar-refractivity contribution in [1.29, 1.82) is 0 Å². The van der Waals surface area contributed by atoms with Crippen molar-refractivity contribution in [2.24, 2.45) is 5.92 Å². The first-order valence-electron chi connectivity index (χ1n) is 12.1. The van der Waals surface area contributed by atoms with Crippen LogP contribution >= 0.6 is 23.1 Å². The minimum Gasteiger partial charge on any atom is -0.372 e. The molecular formula is C28H29N3O3S2. The number of benzene rings is 2. The summed E-state index contributed by atoms with van der Waals surface area (Å²) in [5, 5.41) is 4.11. The van der Waals surface area contributed by atoms with E-state index < -0.39 is 0 Å². The van der Waals surface area contributed by atoms with Crippen molar-refractivity contribution in [3.8, 4) is 5.69 Å². The van der Waals surface area contributed by atoms with Gasteiger partial charge < -0.3 is 10.1 Å². The second kappa shape index (κ2) is 10.2. The second-order valence-electron chi connectivity index (χ2n) is 9.55. The maximum Gasteiger partial charge on any atom is 0.267 e. The van der Waals surface area contributed by atoms with E-state index in [1.807, 2.05) is 62.4 Å². The molecule has 4 aromatic rings. The summed E-state index contributed by atoms with van der Waals surface area (Å²) in [5.41, 5.74) is 4.70. The van der Waals surface area contributed by atoms with Crippen LogP contribution in [0.1, 0.15) is 35.4 Å². The van der Waals surface area contributed by atoms with E-state index in [1.165, 1.54) is 23.1 Å².